The molecule has 0 aliphatic carbocycles. The van der Waals surface area contributed by atoms with Crippen LogP contribution < -0.4 is 16.0 Å². The third-order valence-corrected chi connectivity index (χ3v) is 3.92. The first-order valence-electron chi connectivity index (χ1n) is 5.73. The summed E-state index contributed by atoms with van der Waals surface area (Å²) >= 11 is 1.63. The first-order chi connectivity index (χ1) is 8.74. The maximum atomic E-state index is 5.65. The predicted molar refractivity (Wildman–Crippen MR) is 73.6 cm³/mol. The summed E-state index contributed by atoms with van der Waals surface area (Å²) in [6.07, 6.45) is 0.816. The van der Waals surface area contributed by atoms with Crippen molar-refractivity contribution >= 4 is 11.3 Å². The van der Waals surface area contributed by atoms with Gasteiger partial charge >= 0.3 is 0 Å². The number of rotatable bonds is 5. The van der Waals surface area contributed by atoms with Crippen molar-refractivity contribution in [1.29, 1.82) is 0 Å². The standard InChI is InChI=1S/C13H17N3OS/c1-9-13(18-8-15-9)12(16-14)7-10-4-3-5-11(6-10)17-2/h3-6,8,12,16H,7,14H2,1-2H3. The molecule has 1 heterocycles. The van der Waals surface area contributed by atoms with Crippen molar-refractivity contribution in [3.63, 3.8) is 0 Å². The fourth-order valence-corrected chi connectivity index (χ4v) is 2.77. The van der Waals surface area contributed by atoms with E-state index in [0.717, 1.165) is 17.9 Å². The molecular formula is C13H17N3OS. The maximum absolute atomic E-state index is 5.65. The zero-order chi connectivity index (χ0) is 13.0. The van der Waals surface area contributed by atoms with Gasteiger partial charge in [-0.3, -0.25) is 11.3 Å². The lowest BCUT2D eigenvalue weighted by molar-refractivity contribution is 0.414. The van der Waals surface area contributed by atoms with Crippen molar-refractivity contribution in [1.82, 2.24) is 10.4 Å². The fraction of sp³-hybridized carbons (Fsp3) is 0.308. The van der Waals surface area contributed by atoms with Gasteiger partial charge in [-0.2, -0.15) is 0 Å². The highest BCUT2D eigenvalue weighted by Gasteiger charge is 2.15. The lowest BCUT2D eigenvalue weighted by Crippen LogP contribution is -2.29. The molecule has 2 rings (SSSR count). The molecule has 1 aromatic heterocycles. The van der Waals surface area contributed by atoms with Gasteiger partial charge in [-0.15, -0.1) is 11.3 Å². The van der Waals surface area contributed by atoms with Crippen LogP contribution in [0.1, 0.15) is 22.2 Å². The van der Waals surface area contributed by atoms with Gasteiger partial charge in [-0.05, 0) is 31.0 Å². The number of ether oxygens (including phenoxy) is 1. The number of nitrogens with one attached hydrogen (secondary N) is 1. The average Bonchev–Trinajstić information content (AvgIpc) is 2.82. The van der Waals surface area contributed by atoms with Crippen LogP contribution in [0.4, 0.5) is 0 Å². The van der Waals surface area contributed by atoms with E-state index >= 15 is 0 Å². The molecule has 0 saturated heterocycles. The maximum Gasteiger partial charge on any atom is 0.119 e. The lowest BCUT2D eigenvalue weighted by Gasteiger charge is -2.15. The van der Waals surface area contributed by atoms with E-state index in [-0.39, 0.29) is 6.04 Å². The van der Waals surface area contributed by atoms with Crippen LogP contribution in [0.3, 0.4) is 0 Å². The summed E-state index contributed by atoms with van der Waals surface area (Å²) in [7, 11) is 1.67. The molecule has 0 saturated carbocycles. The molecule has 0 fully saturated rings. The fourth-order valence-electron chi connectivity index (χ4n) is 1.91. The minimum Gasteiger partial charge on any atom is -0.497 e. The highest BCUT2D eigenvalue weighted by Crippen LogP contribution is 2.25. The van der Waals surface area contributed by atoms with Crippen molar-refractivity contribution in [3.05, 3.63) is 45.9 Å². The average molecular weight is 263 g/mol. The summed E-state index contributed by atoms with van der Waals surface area (Å²) in [5.41, 5.74) is 6.93. The normalized spacial score (nSPS) is 12.4. The Morgan fingerprint density at radius 2 is 2.33 bits per heavy atom. The largest absolute Gasteiger partial charge is 0.497 e. The Morgan fingerprint density at radius 3 is 2.94 bits per heavy atom. The van der Waals surface area contributed by atoms with E-state index in [4.69, 9.17) is 10.6 Å². The highest BCUT2D eigenvalue weighted by atomic mass is 32.1. The van der Waals surface area contributed by atoms with Crippen molar-refractivity contribution in [3.8, 4) is 5.75 Å². The Labute approximate surface area is 111 Å². The van der Waals surface area contributed by atoms with Crippen LogP contribution in [0.15, 0.2) is 29.8 Å². The zero-order valence-corrected chi connectivity index (χ0v) is 11.3. The smallest absolute Gasteiger partial charge is 0.119 e. The molecule has 2 aromatic rings. The van der Waals surface area contributed by atoms with E-state index in [2.05, 4.69) is 16.5 Å². The molecule has 1 atom stereocenters. The number of aromatic nitrogens is 1. The lowest BCUT2D eigenvalue weighted by atomic mass is 10.0. The van der Waals surface area contributed by atoms with Gasteiger partial charge < -0.3 is 4.74 Å². The van der Waals surface area contributed by atoms with Crippen molar-refractivity contribution < 1.29 is 4.74 Å². The number of aryl methyl sites for hydroxylation is 1. The van der Waals surface area contributed by atoms with Crippen LogP contribution >= 0.6 is 11.3 Å². The summed E-state index contributed by atoms with van der Waals surface area (Å²) in [6.45, 7) is 2.00. The number of benzene rings is 1. The molecule has 1 unspecified atom stereocenters. The molecule has 0 radical (unpaired) electrons. The summed E-state index contributed by atoms with van der Waals surface area (Å²) < 4.78 is 5.22. The van der Waals surface area contributed by atoms with Gasteiger partial charge in [0.05, 0.1) is 24.4 Å². The van der Waals surface area contributed by atoms with Crippen molar-refractivity contribution in [2.75, 3.05) is 7.11 Å². The Kier molecular flexibility index (Phi) is 4.30. The van der Waals surface area contributed by atoms with Crippen LogP contribution in [0.2, 0.25) is 0 Å². The van der Waals surface area contributed by atoms with Gasteiger partial charge in [-0.1, -0.05) is 12.1 Å². The molecule has 0 bridgehead atoms. The van der Waals surface area contributed by atoms with Gasteiger partial charge in [0.2, 0.25) is 0 Å². The van der Waals surface area contributed by atoms with Crippen molar-refractivity contribution in [2.45, 2.75) is 19.4 Å². The number of hydrazine groups is 1. The van der Waals surface area contributed by atoms with Crippen LogP contribution in [0, 0.1) is 6.92 Å². The number of methoxy groups -OCH3 is 1. The molecule has 18 heavy (non-hydrogen) atoms. The summed E-state index contributed by atoms with van der Waals surface area (Å²) in [5, 5.41) is 0. The third-order valence-electron chi connectivity index (χ3n) is 2.87. The second-order valence-electron chi connectivity index (χ2n) is 4.08. The van der Waals surface area contributed by atoms with Crippen LogP contribution in [-0.4, -0.2) is 12.1 Å². The van der Waals surface area contributed by atoms with E-state index < -0.39 is 0 Å². The number of hydrogen-bond donors (Lipinski definition) is 2. The highest BCUT2D eigenvalue weighted by molar-refractivity contribution is 7.09. The predicted octanol–water partition coefficient (Wildman–Crippen LogP) is 2.21. The molecular weight excluding hydrogens is 246 g/mol. The topological polar surface area (TPSA) is 60.2 Å². The second kappa shape index (κ2) is 5.95. The summed E-state index contributed by atoms with van der Waals surface area (Å²) in [4.78, 5) is 5.44. The Hall–Kier alpha value is -1.43. The monoisotopic (exact) mass is 263 g/mol. The Morgan fingerprint density at radius 1 is 1.50 bits per heavy atom. The Balaban J connectivity index is 2.18. The number of nitrogens with two attached hydrogens (primary N) is 1. The van der Waals surface area contributed by atoms with Gasteiger partial charge in [0.1, 0.15) is 5.75 Å². The second-order valence-corrected chi connectivity index (χ2v) is 4.96. The first-order valence-corrected chi connectivity index (χ1v) is 6.61. The third kappa shape index (κ3) is 2.87. The first kappa shape index (κ1) is 13.0. The summed E-state index contributed by atoms with van der Waals surface area (Å²) in [6, 6.07) is 8.11. The zero-order valence-electron chi connectivity index (χ0n) is 10.5. The van der Waals surface area contributed by atoms with Gasteiger partial charge in [0, 0.05) is 4.88 Å². The van der Waals surface area contributed by atoms with E-state index in [9.17, 15) is 0 Å². The van der Waals surface area contributed by atoms with Crippen LogP contribution in [0.25, 0.3) is 0 Å². The molecule has 3 N–H and O–H groups in total. The molecule has 0 aliphatic heterocycles. The van der Waals surface area contributed by atoms with E-state index in [1.54, 1.807) is 18.4 Å². The van der Waals surface area contributed by atoms with Gasteiger partial charge in [-0.25, -0.2) is 4.98 Å². The molecule has 1 aromatic carbocycles. The van der Waals surface area contributed by atoms with Gasteiger partial charge in [0.15, 0.2) is 0 Å². The number of nitrogens with zero attached hydrogens (tertiary/aromatic N) is 1. The molecule has 96 valence electrons. The summed E-state index contributed by atoms with van der Waals surface area (Å²) in [5.74, 6) is 6.51. The van der Waals surface area contributed by atoms with E-state index in [1.165, 1.54) is 10.4 Å². The minimum atomic E-state index is 0.0876. The quantitative estimate of drug-likeness (QED) is 0.641. The molecule has 0 spiro atoms. The van der Waals surface area contributed by atoms with Gasteiger partial charge in [0.25, 0.3) is 0 Å². The minimum absolute atomic E-state index is 0.0876. The molecule has 0 aliphatic rings. The van der Waals surface area contributed by atoms with Crippen LogP contribution in [0.5, 0.6) is 5.75 Å². The number of hydrogen-bond acceptors (Lipinski definition) is 5. The van der Waals surface area contributed by atoms with E-state index in [0.29, 0.717) is 0 Å². The molecule has 4 nitrogen and oxygen atoms in total. The Bertz CT molecular complexity index is 512. The molecule has 5 heteroatoms. The van der Waals surface area contributed by atoms with Crippen molar-refractivity contribution in [2.24, 2.45) is 5.84 Å². The number of thiazole rings is 1. The SMILES string of the molecule is COc1cccc(CC(NN)c2scnc2C)c1. The van der Waals surface area contributed by atoms with Crippen LogP contribution in [-0.2, 0) is 6.42 Å². The molecule has 0 amide bonds. The van der Waals surface area contributed by atoms with E-state index in [1.807, 2.05) is 30.6 Å².